The highest BCUT2D eigenvalue weighted by Crippen LogP contribution is 2.31. The monoisotopic (exact) mass is 509 g/mol. The van der Waals surface area contributed by atoms with Gasteiger partial charge in [0, 0.05) is 13.1 Å². The van der Waals surface area contributed by atoms with Gasteiger partial charge in [-0.05, 0) is 23.8 Å². The molecule has 2 aliphatic heterocycles. The molecule has 2 saturated heterocycles. The van der Waals surface area contributed by atoms with Gasteiger partial charge in [-0.15, -0.1) is 6.42 Å². The van der Waals surface area contributed by atoms with E-state index < -0.39 is 12.2 Å². The molecule has 8 heteroatoms. The number of piperazine rings is 1. The van der Waals surface area contributed by atoms with Crippen molar-refractivity contribution in [2.45, 2.75) is 78.6 Å². The molecule has 4 atom stereocenters. The van der Waals surface area contributed by atoms with Gasteiger partial charge in [-0.2, -0.15) is 5.01 Å². The standard InChI is InChI=1S/C29H43N5O3/c1-6-10-14-23(9-4)19-31-20-25-33(27(28(31)36)22(5)8-3)26(35)21-32(17-7-2)34(25)29(37)30-18-24-15-12-11-13-16-24/h2,11-13,15-16,22-23,25,27H,6,8-10,14,17-21H2,1,3-5H3,(H,30,37)/t22?,23?,25-,27-/m0/s1. The Hall–Kier alpha value is -3.05. The minimum absolute atomic E-state index is 0.0102. The maximum Gasteiger partial charge on any atom is 0.334 e. The third kappa shape index (κ3) is 6.64. The Bertz CT molecular complexity index is 962. The maximum absolute atomic E-state index is 13.8. The lowest BCUT2D eigenvalue weighted by Crippen LogP contribution is -2.77. The quantitative estimate of drug-likeness (QED) is 0.462. The normalized spacial score (nSPS) is 21.9. The van der Waals surface area contributed by atoms with E-state index in [0.717, 1.165) is 37.7 Å². The van der Waals surface area contributed by atoms with E-state index in [0.29, 0.717) is 19.0 Å². The Labute approximate surface area is 222 Å². The Balaban J connectivity index is 1.93. The largest absolute Gasteiger partial charge is 0.337 e. The van der Waals surface area contributed by atoms with Crippen molar-refractivity contribution in [1.82, 2.24) is 25.1 Å². The number of nitrogens with zero attached hydrogens (tertiary/aromatic N) is 4. The Kier molecular flexibility index (Phi) is 10.4. The van der Waals surface area contributed by atoms with Crippen molar-refractivity contribution in [1.29, 1.82) is 0 Å². The van der Waals surface area contributed by atoms with Crippen molar-refractivity contribution < 1.29 is 14.4 Å². The van der Waals surface area contributed by atoms with E-state index in [2.05, 4.69) is 25.1 Å². The van der Waals surface area contributed by atoms with Crippen LogP contribution in [0.2, 0.25) is 0 Å². The summed E-state index contributed by atoms with van der Waals surface area (Å²) >= 11 is 0. The first kappa shape index (κ1) is 28.5. The van der Waals surface area contributed by atoms with Crippen molar-refractivity contribution in [2.75, 3.05) is 26.2 Å². The number of hydrazine groups is 1. The van der Waals surface area contributed by atoms with E-state index in [1.54, 1.807) is 14.9 Å². The molecule has 3 rings (SSSR count). The fourth-order valence-corrected chi connectivity index (χ4v) is 5.38. The van der Waals surface area contributed by atoms with Crippen LogP contribution in [0, 0.1) is 24.2 Å². The molecule has 2 fully saturated rings. The van der Waals surface area contributed by atoms with Crippen molar-refractivity contribution >= 4 is 17.8 Å². The summed E-state index contributed by atoms with van der Waals surface area (Å²) in [6, 6.07) is 8.77. The zero-order valence-corrected chi connectivity index (χ0v) is 22.9. The van der Waals surface area contributed by atoms with E-state index in [1.807, 2.05) is 49.1 Å². The molecule has 0 saturated carbocycles. The van der Waals surface area contributed by atoms with Gasteiger partial charge < -0.3 is 15.1 Å². The summed E-state index contributed by atoms with van der Waals surface area (Å²) in [5.41, 5.74) is 0.976. The molecule has 37 heavy (non-hydrogen) atoms. The van der Waals surface area contributed by atoms with Crippen LogP contribution in [0.5, 0.6) is 0 Å². The number of amides is 4. The predicted molar refractivity (Wildman–Crippen MR) is 145 cm³/mol. The van der Waals surface area contributed by atoms with Crippen LogP contribution >= 0.6 is 0 Å². The molecule has 0 aromatic heterocycles. The molecule has 0 spiro atoms. The molecule has 2 heterocycles. The SMILES string of the molecule is C#CCN1CC(=O)N2[C@@H](C(C)CC)C(=O)N(CC(CC)CCCC)C[C@@H]2N1C(=O)NCc1ccccc1. The lowest BCUT2D eigenvalue weighted by Gasteiger charge is -2.56. The second-order valence-electron chi connectivity index (χ2n) is 10.3. The van der Waals surface area contributed by atoms with E-state index in [4.69, 9.17) is 6.42 Å². The van der Waals surface area contributed by atoms with Gasteiger partial charge in [0.1, 0.15) is 12.2 Å². The summed E-state index contributed by atoms with van der Waals surface area (Å²) in [6.45, 7) is 9.75. The number of fused-ring (bicyclic) bond motifs is 1. The number of hydrogen-bond donors (Lipinski definition) is 1. The van der Waals surface area contributed by atoms with Crippen LogP contribution in [-0.4, -0.2) is 76.0 Å². The van der Waals surface area contributed by atoms with Gasteiger partial charge in [-0.3, -0.25) is 9.59 Å². The second-order valence-corrected chi connectivity index (χ2v) is 10.3. The highest BCUT2D eigenvalue weighted by Gasteiger charge is 2.52. The van der Waals surface area contributed by atoms with Gasteiger partial charge in [0.2, 0.25) is 11.8 Å². The summed E-state index contributed by atoms with van der Waals surface area (Å²) in [6.07, 6.45) is 10.1. The summed E-state index contributed by atoms with van der Waals surface area (Å²) in [7, 11) is 0. The minimum atomic E-state index is -0.606. The molecule has 4 amide bonds. The summed E-state index contributed by atoms with van der Waals surface area (Å²) < 4.78 is 0. The topological polar surface area (TPSA) is 76.2 Å². The van der Waals surface area contributed by atoms with E-state index in [1.165, 1.54) is 0 Å². The van der Waals surface area contributed by atoms with Gasteiger partial charge in [0.15, 0.2) is 0 Å². The number of nitrogens with one attached hydrogen (secondary N) is 1. The van der Waals surface area contributed by atoms with E-state index in [-0.39, 0.29) is 43.4 Å². The second kappa shape index (κ2) is 13.5. The molecule has 2 unspecified atom stereocenters. The van der Waals surface area contributed by atoms with Crippen molar-refractivity contribution in [2.24, 2.45) is 11.8 Å². The Morgan fingerprint density at radius 1 is 1.16 bits per heavy atom. The first-order chi connectivity index (χ1) is 17.9. The van der Waals surface area contributed by atoms with Crippen LogP contribution in [0.15, 0.2) is 30.3 Å². The smallest absolute Gasteiger partial charge is 0.334 e. The molecule has 0 aliphatic carbocycles. The van der Waals surface area contributed by atoms with Gasteiger partial charge in [0.05, 0.1) is 19.6 Å². The number of carbonyl (C=O) groups is 3. The molecule has 1 aromatic rings. The molecular formula is C29H43N5O3. The Morgan fingerprint density at radius 2 is 1.89 bits per heavy atom. The highest BCUT2D eigenvalue weighted by atomic mass is 16.2. The van der Waals surface area contributed by atoms with Crippen molar-refractivity contribution in [3.05, 3.63) is 35.9 Å². The van der Waals surface area contributed by atoms with Crippen molar-refractivity contribution in [3.8, 4) is 12.3 Å². The fourth-order valence-electron chi connectivity index (χ4n) is 5.38. The average Bonchev–Trinajstić information content (AvgIpc) is 2.90. The molecular weight excluding hydrogens is 466 g/mol. The molecule has 0 bridgehead atoms. The predicted octanol–water partition coefficient (Wildman–Crippen LogP) is 3.69. The zero-order valence-electron chi connectivity index (χ0n) is 22.9. The average molecular weight is 510 g/mol. The molecule has 2 aliphatic rings. The first-order valence-corrected chi connectivity index (χ1v) is 13.7. The minimum Gasteiger partial charge on any atom is -0.337 e. The third-order valence-electron chi connectivity index (χ3n) is 7.74. The van der Waals surface area contributed by atoms with Crippen LogP contribution in [0.25, 0.3) is 0 Å². The highest BCUT2D eigenvalue weighted by molar-refractivity contribution is 5.91. The Morgan fingerprint density at radius 3 is 2.51 bits per heavy atom. The number of urea groups is 1. The summed E-state index contributed by atoms with van der Waals surface area (Å²) in [5.74, 6) is 2.77. The van der Waals surface area contributed by atoms with Crippen LogP contribution in [0.1, 0.15) is 65.4 Å². The lowest BCUT2D eigenvalue weighted by molar-refractivity contribution is -0.192. The third-order valence-corrected chi connectivity index (χ3v) is 7.74. The molecule has 202 valence electrons. The number of rotatable bonds is 11. The number of carbonyl (C=O) groups excluding carboxylic acids is 3. The van der Waals surface area contributed by atoms with Gasteiger partial charge in [-0.25, -0.2) is 9.80 Å². The molecule has 1 aromatic carbocycles. The number of hydrogen-bond acceptors (Lipinski definition) is 4. The summed E-state index contributed by atoms with van der Waals surface area (Å²) in [4.78, 5) is 44.5. The van der Waals surface area contributed by atoms with Crippen LogP contribution < -0.4 is 5.32 Å². The van der Waals surface area contributed by atoms with E-state index in [9.17, 15) is 14.4 Å². The van der Waals surface area contributed by atoms with Gasteiger partial charge in [-0.1, -0.05) is 89.6 Å². The maximum atomic E-state index is 13.8. The lowest BCUT2D eigenvalue weighted by atomic mass is 9.91. The van der Waals surface area contributed by atoms with E-state index >= 15 is 0 Å². The summed E-state index contributed by atoms with van der Waals surface area (Å²) in [5, 5.41) is 6.23. The number of benzene rings is 1. The van der Waals surface area contributed by atoms with Gasteiger partial charge in [0.25, 0.3) is 0 Å². The zero-order chi connectivity index (χ0) is 26.9. The van der Waals surface area contributed by atoms with Crippen molar-refractivity contribution in [3.63, 3.8) is 0 Å². The number of unbranched alkanes of at least 4 members (excludes halogenated alkanes) is 1. The molecule has 1 N–H and O–H groups in total. The van der Waals surface area contributed by atoms with Crippen LogP contribution in [-0.2, 0) is 16.1 Å². The van der Waals surface area contributed by atoms with Gasteiger partial charge >= 0.3 is 6.03 Å². The fraction of sp³-hybridized carbons (Fsp3) is 0.621. The molecule has 8 nitrogen and oxygen atoms in total. The molecule has 0 radical (unpaired) electrons. The first-order valence-electron chi connectivity index (χ1n) is 13.7. The number of terminal acetylenes is 1. The van der Waals surface area contributed by atoms with Crippen LogP contribution in [0.4, 0.5) is 4.79 Å². The van der Waals surface area contributed by atoms with Crippen LogP contribution in [0.3, 0.4) is 0 Å².